The van der Waals surface area contributed by atoms with E-state index in [4.69, 9.17) is 4.42 Å². The maximum Gasteiger partial charge on any atom is 0.230 e. The summed E-state index contributed by atoms with van der Waals surface area (Å²) in [5.41, 5.74) is 1.30. The van der Waals surface area contributed by atoms with Crippen LogP contribution in [0.5, 0.6) is 0 Å². The summed E-state index contributed by atoms with van der Waals surface area (Å²) in [5, 5.41) is 8.36. The average molecular weight is 365 g/mol. The predicted molar refractivity (Wildman–Crippen MR) is 103 cm³/mol. The van der Waals surface area contributed by atoms with Crippen LogP contribution in [0.4, 0.5) is 0 Å². The third-order valence-electron chi connectivity index (χ3n) is 5.15. The molecule has 1 saturated heterocycles. The molecule has 1 fully saturated rings. The van der Waals surface area contributed by atoms with E-state index in [-0.39, 0.29) is 5.92 Å². The minimum atomic E-state index is 0.269. The molecule has 142 valence electrons. The molecule has 0 saturated carbocycles. The number of likely N-dealkylation sites (tertiary alicyclic amines) is 1. The highest BCUT2D eigenvalue weighted by molar-refractivity contribution is 5.16. The van der Waals surface area contributed by atoms with Crippen molar-refractivity contribution in [2.45, 2.75) is 51.6 Å². The van der Waals surface area contributed by atoms with E-state index >= 15 is 0 Å². The summed E-state index contributed by atoms with van der Waals surface area (Å²) in [6, 6.07) is 10.6. The minimum absolute atomic E-state index is 0.269. The van der Waals surface area contributed by atoms with Crippen molar-refractivity contribution in [3.63, 3.8) is 0 Å². The van der Waals surface area contributed by atoms with Crippen LogP contribution in [-0.4, -0.2) is 37.7 Å². The van der Waals surface area contributed by atoms with Gasteiger partial charge in [0.2, 0.25) is 11.8 Å². The normalized spacial score (nSPS) is 18.3. The lowest BCUT2D eigenvalue weighted by Crippen LogP contribution is -2.35. The second kappa shape index (κ2) is 8.05. The lowest BCUT2D eigenvalue weighted by Gasteiger charge is -2.31. The van der Waals surface area contributed by atoms with Crippen LogP contribution in [0.15, 0.2) is 47.1 Å². The van der Waals surface area contributed by atoms with Crippen LogP contribution in [0, 0.1) is 0 Å². The predicted octanol–water partition coefficient (Wildman–Crippen LogP) is 3.82. The molecular weight excluding hydrogens is 338 g/mol. The van der Waals surface area contributed by atoms with Gasteiger partial charge >= 0.3 is 0 Å². The van der Waals surface area contributed by atoms with Gasteiger partial charge in [-0.25, -0.2) is 4.98 Å². The number of rotatable bonds is 6. The number of nitrogens with zero attached hydrogens (tertiary/aromatic N) is 5. The molecule has 27 heavy (non-hydrogen) atoms. The van der Waals surface area contributed by atoms with Crippen LogP contribution in [0.2, 0.25) is 0 Å². The van der Waals surface area contributed by atoms with Gasteiger partial charge in [0.05, 0.1) is 6.54 Å². The topological polar surface area (TPSA) is 60.0 Å². The molecular formula is C21H27N5O. The quantitative estimate of drug-likeness (QED) is 0.665. The third kappa shape index (κ3) is 4.27. The molecule has 1 aliphatic heterocycles. The van der Waals surface area contributed by atoms with Gasteiger partial charge in [0.25, 0.3) is 0 Å². The fourth-order valence-electron chi connectivity index (χ4n) is 3.76. The van der Waals surface area contributed by atoms with Gasteiger partial charge in [-0.2, -0.15) is 0 Å². The van der Waals surface area contributed by atoms with Crippen molar-refractivity contribution in [2.75, 3.05) is 13.1 Å². The smallest absolute Gasteiger partial charge is 0.230 e. The lowest BCUT2D eigenvalue weighted by atomic mass is 9.97. The van der Waals surface area contributed by atoms with Gasteiger partial charge in [-0.15, -0.1) is 10.2 Å². The maximum absolute atomic E-state index is 5.79. The van der Waals surface area contributed by atoms with Gasteiger partial charge in [-0.3, -0.25) is 4.90 Å². The Bertz CT molecular complexity index is 854. The van der Waals surface area contributed by atoms with Crippen LogP contribution >= 0.6 is 0 Å². The van der Waals surface area contributed by atoms with Crippen LogP contribution in [0.1, 0.15) is 61.7 Å². The Hall–Kier alpha value is -2.47. The van der Waals surface area contributed by atoms with E-state index in [1.807, 2.05) is 6.20 Å². The summed E-state index contributed by atoms with van der Waals surface area (Å²) < 4.78 is 8.08. The summed E-state index contributed by atoms with van der Waals surface area (Å²) >= 11 is 0. The van der Waals surface area contributed by atoms with E-state index < -0.39 is 0 Å². The number of hydrogen-bond acceptors (Lipinski definition) is 5. The fraction of sp³-hybridized carbons (Fsp3) is 0.476. The average Bonchev–Trinajstić information content (AvgIpc) is 3.32. The highest BCUT2D eigenvalue weighted by atomic mass is 16.4. The molecule has 0 amide bonds. The summed E-state index contributed by atoms with van der Waals surface area (Å²) in [6.45, 7) is 7.77. The first-order valence-corrected chi connectivity index (χ1v) is 9.78. The Balaban J connectivity index is 1.43. The molecule has 1 aliphatic rings. The second-order valence-electron chi connectivity index (χ2n) is 7.66. The molecule has 0 radical (unpaired) electrons. The first kappa shape index (κ1) is 17.9. The third-order valence-corrected chi connectivity index (χ3v) is 5.15. The monoisotopic (exact) mass is 365 g/mol. The Morgan fingerprint density at radius 3 is 2.78 bits per heavy atom. The Morgan fingerprint density at radius 2 is 2.00 bits per heavy atom. The molecule has 0 spiro atoms. The van der Waals surface area contributed by atoms with Gasteiger partial charge in [-0.1, -0.05) is 44.2 Å². The summed E-state index contributed by atoms with van der Waals surface area (Å²) in [6.07, 6.45) is 6.34. The summed E-state index contributed by atoms with van der Waals surface area (Å²) in [4.78, 5) is 7.10. The maximum atomic E-state index is 5.79. The van der Waals surface area contributed by atoms with Crippen LogP contribution < -0.4 is 0 Å². The molecule has 2 aromatic heterocycles. The molecule has 0 bridgehead atoms. The highest BCUT2D eigenvalue weighted by Gasteiger charge is 2.26. The Kier molecular flexibility index (Phi) is 5.34. The number of aromatic nitrogens is 4. The summed E-state index contributed by atoms with van der Waals surface area (Å²) in [5.74, 6) is 3.32. The number of imidazole rings is 1. The van der Waals surface area contributed by atoms with Gasteiger partial charge in [-0.05, 0) is 24.9 Å². The van der Waals surface area contributed by atoms with E-state index in [0.29, 0.717) is 11.8 Å². The van der Waals surface area contributed by atoms with Crippen molar-refractivity contribution in [3.05, 3.63) is 65.9 Å². The van der Waals surface area contributed by atoms with Crippen molar-refractivity contribution in [1.29, 1.82) is 0 Å². The molecule has 1 aromatic carbocycles. The molecule has 6 nitrogen and oxygen atoms in total. The van der Waals surface area contributed by atoms with Crippen LogP contribution in [-0.2, 0) is 13.1 Å². The van der Waals surface area contributed by atoms with Crippen molar-refractivity contribution in [3.8, 4) is 0 Å². The zero-order chi connectivity index (χ0) is 18.6. The van der Waals surface area contributed by atoms with Crippen LogP contribution in [0.3, 0.4) is 0 Å². The molecule has 0 unspecified atom stereocenters. The molecule has 3 aromatic rings. The van der Waals surface area contributed by atoms with Crippen molar-refractivity contribution in [2.24, 2.45) is 0 Å². The minimum Gasteiger partial charge on any atom is -0.424 e. The standard InChI is InChI=1S/C21H27N5O/c1-16(2)21-24-23-19(27-21)15-25-11-6-9-18(14-25)20-22-10-12-26(20)13-17-7-4-3-5-8-17/h3-5,7-8,10,12,16,18H,6,9,11,13-15H2,1-2H3/t18-/m0/s1. The first-order valence-electron chi connectivity index (χ1n) is 9.78. The van der Waals surface area contributed by atoms with E-state index in [0.717, 1.165) is 38.5 Å². The molecule has 1 atom stereocenters. The number of hydrogen-bond donors (Lipinski definition) is 0. The van der Waals surface area contributed by atoms with Gasteiger partial charge < -0.3 is 8.98 Å². The summed E-state index contributed by atoms with van der Waals surface area (Å²) in [7, 11) is 0. The highest BCUT2D eigenvalue weighted by Crippen LogP contribution is 2.27. The van der Waals surface area contributed by atoms with Crippen molar-refractivity contribution in [1.82, 2.24) is 24.6 Å². The second-order valence-corrected chi connectivity index (χ2v) is 7.66. The van der Waals surface area contributed by atoms with E-state index in [1.165, 1.54) is 17.8 Å². The molecule has 6 heteroatoms. The molecule has 3 heterocycles. The van der Waals surface area contributed by atoms with Gasteiger partial charge in [0.1, 0.15) is 5.82 Å². The largest absolute Gasteiger partial charge is 0.424 e. The first-order chi connectivity index (χ1) is 13.2. The van der Waals surface area contributed by atoms with Gasteiger partial charge in [0.15, 0.2) is 0 Å². The van der Waals surface area contributed by atoms with E-state index in [1.54, 1.807) is 0 Å². The van der Waals surface area contributed by atoms with Crippen molar-refractivity contribution >= 4 is 0 Å². The fourth-order valence-corrected chi connectivity index (χ4v) is 3.76. The van der Waals surface area contributed by atoms with E-state index in [9.17, 15) is 0 Å². The molecule has 4 rings (SSSR count). The van der Waals surface area contributed by atoms with Crippen molar-refractivity contribution < 1.29 is 4.42 Å². The van der Waals surface area contributed by atoms with E-state index in [2.05, 4.69) is 75.0 Å². The Labute approximate surface area is 160 Å². The molecule has 0 N–H and O–H groups in total. The number of piperidine rings is 1. The van der Waals surface area contributed by atoms with Crippen LogP contribution in [0.25, 0.3) is 0 Å². The number of benzene rings is 1. The van der Waals surface area contributed by atoms with Gasteiger partial charge in [0, 0.05) is 37.3 Å². The zero-order valence-corrected chi connectivity index (χ0v) is 16.1. The SMILES string of the molecule is CC(C)c1nnc(CN2CCC[C@H](c3nccn3Cc3ccccc3)C2)o1. The zero-order valence-electron chi connectivity index (χ0n) is 16.1. The lowest BCUT2D eigenvalue weighted by molar-refractivity contribution is 0.177. The Morgan fingerprint density at radius 1 is 1.15 bits per heavy atom. The molecule has 0 aliphatic carbocycles.